The lowest BCUT2D eigenvalue weighted by Gasteiger charge is -2.34. The highest BCUT2D eigenvalue weighted by Crippen LogP contribution is 2.34. The molecule has 0 N–H and O–H groups in total. The van der Waals surface area contributed by atoms with Crippen LogP contribution in [0.25, 0.3) is 11.1 Å². The lowest BCUT2D eigenvalue weighted by molar-refractivity contribution is -0.117. The monoisotopic (exact) mass is 307 g/mol. The van der Waals surface area contributed by atoms with Gasteiger partial charge in [0.2, 0.25) is 5.91 Å². The van der Waals surface area contributed by atoms with E-state index in [1.54, 1.807) is 13.8 Å². The first-order valence-electron chi connectivity index (χ1n) is 8.01. The summed E-state index contributed by atoms with van der Waals surface area (Å²) < 4.78 is 0. The van der Waals surface area contributed by atoms with E-state index in [0.29, 0.717) is 0 Å². The van der Waals surface area contributed by atoms with Crippen molar-refractivity contribution in [2.24, 2.45) is 0 Å². The van der Waals surface area contributed by atoms with Gasteiger partial charge < -0.3 is 4.90 Å². The predicted octanol–water partition coefficient (Wildman–Crippen LogP) is 4.24. The number of hydrogen-bond acceptors (Lipinski definition) is 2. The minimum Gasteiger partial charge on any atom is -0.310 e. The molecular weight excluding hydrogens is 286 g/mol. The molecule has 0 unspecified atom stereocenters. The van der Waals surface area contributed by atoms with Crippen molar-refractivity contribution >= 4 is 17.4 Å². The Morgan fingerprint density at radius 2 is 1.65 bits per heavy atom. The van der Waals surface area contributed by atoms with Crippen molar-refractivity contribution in [2.75, 3.05) is 4.90 Å². The Hall–Kier alpha value is -2.42. The molecule has 3 rings (SSSR count). The summed E-state index contributed by atoms with van der Waals surface area (Å²) in [5.74, 6) is 0.171. The number of carbonyl (C=O) groups is 2. The minimum atomic E-state index is 0.0769. The number of benzene rings is 2. The van der Waals surface area contributed by atoms with E-state index in [9.17, 15) is 9.59 Å². The fourth-order valence-corrected chi connectivity index (χ4v) is 3.31. The summed E-state index contributed by atoms with van der Waals surface area (Å²) in [5, 5.41) is 0. The van der Waals surface area contributed by atoms with Crippen LogP contribution in [0, 0.1) is 0 Å². The molecule has 1 aliphatic heterocycles. The molecule has 0 aliphatic carbocycles. The molecule has 0 bridgehead atoms. The van der Waals surface area contributed by atoms with E-state index in [-0.39, 0.29) is 17.7 Å². The molecule has 23 heavy (non-hydrogen) atoms. The number of hydrogen-bond donors (Lipinski definition) is 0. The summed E-state index contributed by atoms with van der Waals surface area (Å²) in [4.78, 5) is 25.2. The van der Waals surface area contributed by atoms with E-state index < -0.39 is 0 Å². The molecule has 0 aromatic heterocycles. The van der Waals surface area contributed by atoms with Gasteiger partial charge in [0.15, 0.2) is 5.78 Å². The van der Waals surface area contributed by atoms with Crippen molar-refractivity contribution in [2.45, 2.75) is 39.7 Å². The predicted molar refractivity (Wildman–Crippen MR) is 92.8 cm³/mol. The zero-order valence-electron chi connectivity index (χ0n) is 13.8. The maximum Gasteiger partial charge on any atom is 0.224 e. The minimum absolute atomic E-state index is 0.0769. The van der Waals surface area contributed by atoms with Crippen LogP contribution >= 0.6 is 0 Å². The van der Waals surface area contributed by atoms with Crippen molar-refractivity contribution in [3.8, 4) is 11.1 Å². The highest BCUT2D eigenvalue weighted by atomic mass is 16.2. The topological polar surface area (TPSA) is 37.4 Å². The van der Waals surface area contributed by atoms with Crippen molar-refractivity contribution in [1.82, 2.24) is 0 Å². The Bertz CT molecular complexity index is 762. The van der Waals surface area contributed by atoms with Gasteiger partial charge in [-0.05, 0) is 55.5 Å². The molecule has 1 atom stereocenters. The van der Waals surface area contributed by atoms with E-state index in [1.807, 2.05) is 35.2 Å². The quantitative estimate of drug-likeness (QED) is 0.778. The number of aryl methyl sites for hydroxylation is 1. The molecule has 0 saturated heterocycles. The summed E-state index contributed by atoms with van der Waals surface area (Å²) in [7, 11) is 0. The fourth-order valence-electron chi connectivity index (χ4n) is 3.31. The normalized spacial score (nSPS) is 16.8. The van der Waals surface area contributed by atoms with Gasteiger partial charge >= 0.3 is 0 Å². The Labute approximate surface area is 136 Å². The number of fused-ring (bicyclic) bond motifs is 1. The van der Waals surface area contributed by atoms with E-state index >= 15 is 0 Å². The maximum atomic E-state index is 11.9. The Morgan fingerprint density at radius 3 is 2.26 bits per heavy atom. The average molecular weight is 307 g/mol. The number of rotatable bonds is 2. The fraction of sp³-hybridized carbons (Fsp3) is 0.300. The summed E-state index contributed by atoms with van der Waals surface area (Å²) in [5.41, 5.74) is 5.18. The van der Waals surface area contributed by atoms with E-state index in [2.05, 4.69) is 19.1 Å². The van der Waals surface area contributed by atoms with Gasteiger partial charge in [-0.25, -0.2) is 0 Å². The standard InChI is InChI=1S/C20H21NO2/c1-13-4-5-19-12-18(10-11-20(19)21(13)15(3)23)17-8-6-16(7-9-17)14(2)22/h6-13H,4-5H2,1-3H3/t13-/m0/s1. The average Bonchev–Trinajstić information content (AvgIpc) is 2.54. The van der Waals surface area contributed by atoms with Crippen molar-refractivity contribution in [3.05, 3.63) is 53.6 Å². The summed E-state index contributed by atoms with van der Waals surface area (Å²) in [6, 6.07) is 14.2. The SMILES string of the molecule is CC(=O)c1ccc(-c2ccc3c(c2)CC[C@H](C)N3C(C)=O)cc1. The van der Waals surface area contributed by atoms with Crippen molar-refractivity contribution in [1.29, 1.82) is 0 Å². The van der Waals surface area contributed by atoms with Crippen LogP contribution in [0.2, 0.25) is 0 Å². The first-order chi connectivity index (χ1) is 11.0. The van der Waals surface area contributed by atoms with E-state index in [4.69, 9.17) is 0 Å². The summed E-state index contributed by atoms with van der Waals surface area (Å²) >= 11 is 0. The van der Waals surface area contributed by atoms with Gasteiger partial charge in [0.25, 0.3) is 0 Å². The Morgan fingerprint density at radius 1 is 1.00 bits per heavy atom. The molecule has 0 saturated carbocycles. The molecule has 0 fully saturated rings. The number of nitrogens with zero attached hydrogens (tertiary/aromatic N) is 1. The molecule has 2 aromatic rings. The van der Waals surface area contributed by atoms with Crippen molar-refractivity contribution in [3.63, 3.8) is 0 Å². The van der Waals surface area contributed by atoms with Gasteiger partial charge in [0, 0.05) is 24.2 Å². The van der Waals surface area contributed by atoms with Crippen LogP contribution in [0.15, 0.2) is 42.5 Å². The molecule has 3 heteroatoms. The third kappa shape index (κ3) is 2.91. The molecule has 0 spiro atoms. The van der Waals surface area contributed by atoms with Crippen LogP contribution in [0.3, 0.4) is 0 Å². The van der Waals surface area contributed by atoms with Crippen LogP contribution < -0.4 is 4.90 Å². The zero-order valence-corrected chi connectivity index (χ0v) is 13.8. The maximum absolute atomic E-state index is 11.9. The first kappa shape index (κ1) is 15.5. The molecule has 118 valence electrons. The number of anilines is 1. The smallest absolute Gasteiger partial charge is 0.224 e. The van der Waals surface area contributed by atoms with Crippen LogP contribution in [-0.4, -0.2) is 17.7 Å². The van der Waals surface area contributed by atoms with Crippen LogP contribution in [0.5, 0.6) is 0 Å². The molecule has 1 aliphatic rings. The van der Waals surface area contributed by atoms with Gasteiger partial charge in [-0.15, -0.1) is 0 Å². The second-order valence-electron chi connectivity index (χ2n) is 6.25. The van der Waals surface area contributed by atoms with Crippen LogP contribution in [-0.2, 0) is 11.2 Å². The number of amides is 1. The van der Waals surface area contributed by atoms with Crippen LogP contribution in [0.1, 0.15) is 43.1 Å². The van der Waals surface area contributed by atoms with Gasteiger partial charge in [-0.2, -0.15) is 0 Å². The molecule has 3 nitrogen and oxygen atoms in total. The van der Waals surface area contributed by atoms with Crippen LogP contribution in [0.4, 0.5) is 5.69 Å². The molecular formula is C20H21NO2. The Balaban J connectivity index is 1.98. The third-order valence-corrected chi connectivity index (χ3v) is 4.58. The molecule has 2 aromatic carbocycles. The second-order valence-corrected chi connectivity index (χ2v) is 6.25. The molecule has 1 heterocycles. The first-order valence-corrected chi connectivity index (χ1v) is 8.01. The largest absolute Gasteiger partial charge is 0.310 e. The lowest BCUT2D eigenvalue weighted by Crippen LogP contribution is -2.40. The van der Waals surface area contributed by atoms with E-state index in [0.717, 1.165) is 35.2 Å². The van der Waals surface area contributed by atoms with Gasteiger partial charge in [0.1, 0.15) is 0 Å². The molecule has 1 amide bonds. The second kappa shape index (κ2) is 5.99. The molecule has 0 radical (unpaired) electrons. The highest BCUT2D eigenvalue weighted by Gasteiger charge is 2.26. The van der Waals surface area contributed by atoms with Crippen molar-refractivity contribution < 1.29 is 9.59 Å². The van der Waals surface area contributed by atoms with E-state index in [1.165, 1.54) is 5.56 Å². The van der Waals surface area contributed by atoms with Gasteiger partial charge in [-0.1, -0.05) is 30.3 Å². The number of carbonyl (C=O) groups excluding carboxylic acids is 2. The third-order valence-electron chi connectivity index (χ3n) is 4.58. The number of Topliss-reactive ketones (excluding diaryl/α,β-unsaturated/α-hetero) is 1. The summed E-state index contributed by atoms with van der Waals surface area (Å²) in [6.45, 7) is 5.30. The van der Waals surface area contributed by atoms with Gasteiger partial charge in [0.05, 0.1) is 0 Å². The zero-order chi connectivity index (χ0) is 16.6. The number of ketones is 1. The Kier molecular flexibility index (Phi) is 4.03. The lowest BCUT2D eigenvalue weighted by atomic mass is 9.93. The van der Waals surface area contributed by atoms with Gasteiger partial charge in [-0.3, -0.25) is 9.59 Å². The highest BCUT2D eigenvalue weighted by molar-refractivity contribution is 5.95. The summed E-state index contributed by atoms with van der Waals surface area (Å²) in [6.07, 6.45) is 1.97.